The van der Waals surface area contributed by atoms with Gasteiger partial charge in [0.15, 0.2) is 0 Å². The minimum absolute atomic E-state index is 0.00179. The van der Waals surface area contributed by atoms with Crippen LogP contribution in [0.1, 0.15) is 50.2 Å². The molecule has 3 amide bonds. The number of carbonyl (C=O) groups is 3. The third kappa shape index (κ3) is 5.51. The third-order valence-corrected chi connectivity index (χ3v) is 8.50. The molecule has 1 aliphatic carbocycles. The number of likely N-dealkylation sites (N-methyl/N-ethyl adjacent to an activating group) is 1. The van der Waals surface area contributed by atoms with Crippen molar-refractivity contribution >= 4 is 29.3 Å². The van der Waals surface area contributed by atoms with Gasteiger partial charge in [0.2, 0.25) is 17.7 Å². The summed E-state index contributed by atoms with van der Waals surface area (Å²) in [6, 6.07) is 7.14. The summed E-state index contributed by atoms with van der Waals surface area (Å²) in [5.74, 6) is -0.482. The standard InChI is InChI=1S/C26H34ClN5O4/c1-17(33)31-9-7-26(36,8-10-31)20-5-6-23-21(12-20)25(35)32(16-29-23)15-24(34)30(2)14-18-3-4-19(13-28)22(27)11-18/h3-4,11,20-21,23,29,36H,5-10,12,14-16H2,1-2H3. The largest absolute Gasteiger partial charge is 0.389 e. The van der Waals surface area contributed by atoms with Crippen molar-refractivity contribution in [3.8, 4) is 6.07 Å². The molecule has 3 aliphatic rings. The highest BCUT2D eigenvalue weighted by Crippen LogP contribution is 2.42. The lowest BCUT2D eigenvalue weighted by molar-refractivity contribution is -0.152. The molecule has 0 bridgehead atoms. The van der Waals surface area contributed by atoms with Gasteiger partial charge in [-0.3, -0.25) is 19.7 Å². The Morgan fingerprint density at radius 2 is 2.03 bits per heavy atom. The van der Waals surface area contributed by atoms with Gasteiger partial charge in [0.05, 0.1) is 28.8 Å². The van der Waals surface area contributed by atoms with Crippen LogP contribution in [0, 0.1) is 23.2 Å². The average molecular weight is 516 g/mol. The number of piperidine rings is 1. The molecule has 2 heterocycles. The van der Waals surface area contributed by atoms with Crippen molar-refractivity contribution in [1.82, 2.24) is 20.0 Å². The molecule has 36 heavy (non-hydrogen) atoms. The SMILES string of the molecule is CC(=O)N1CCC(O)(C2CCC3NCN(CC(=O)N(C)Cc4ccc(C#N)c(Cl)c4)C(=O)C3C2)CC1. The maximum Gasteiger partial charge on any atom is 0.242 e. The quantitative estimate of drug-likeness (QED) is 0.616. The molecule has 1 saturated carbocycles. The first-order chi connectivity index (χ1) is 17.1. The van der Waals surface area contributed by atoms with Gasteiger partial charge in [-0.15, -0.1) is 0 Å². The van der Waals surface area contributed by atoms with Gasteiger partial charge in [0.1, 0.15) is 12.6 Å². The molecule has 9 nitrogen and oxygen atoms in total. The second-order valence-corrected chi connectivity index (χ2v) is 10.8. The molecule has 0 radical (unpaired) electrons. The van der Waals surface area contributed by atoms with Gasteiger partial charge in [-0.2, -0.15) is 5.26 Å². The van der Waals surface area contributed by atoms with E-state index < -0.39 is 5.60 Å². The molecule has 1 aromatic rings. The minimum atomic E-state index is -0.863. The van der Waals surface area contributed by atoms with Gasteiger partial charge >= 0.3 is 0 Å². The number of nitrogens with one attached hydrogen (secondary N) is 1. The number of hydrogen-bond acceptors (Lipinski definition) is 6. The first-order valence-corrected chi connectivity index (χ1v) is 12.9. The molecule has 0 spiro atoms. The van der Waals surface area contributed by atoms with Crippen LogP contribution in [0.25, 0.3) is 0 Å². The van der Waals surface area contributed by atoms with E-state index in [1.165, 1.54) is 0 Å². The summed E-state index contributed by atoms with van der Waals surface area (Å²) in [6.07, 6.45) is 3.29. The lowest BCUT2D eigenvalue weighted by atomic mass is 9.67. The maximum absolute atomic E-state index is 13.4. The summed E-state index contributed by atoms with van der Waals surface area (Å²) in [4.78, 5) is 42.9. The molecule has 3 fully saturated rings. The van der Waals surface area contributed by atoms with E-state index in [4.69, 9.17) is 16.9 Å². The Balaban J connectivity index is 1.35. The molecule has 2 aliphatic heterocycles. The number of carbonyl (C=O) groups excluding carboxylic acids is 3. The Kier molecular flexibility index (Phi) is 7.88. The lowest BCUT2D eigenvalue weighted by Gasteiger charge is -2.49. The van der Waals surface area contributed by atoms with Crippen molar-refractivity contribution in [3.05, 3.63) is 34.3 Å². The topological polar surface area (TPSA) is 117 Å². The van der Waals surface area contributed by atoms with Crippen molar-refractivity contribution in [3.63, 3.8) is 0 Å². The molecule has 2 saturated heterocycles. The van der Waals surface area contributed by atoms with Crippen LogP contribution in [0.15, 0.2) is 18.2 Å². The highest BCUT2D eigenvalue weighted by molar-refractivity contribution is 6.31. The van der Waals surface area contributed by atoms with Crippen molar-refractivity contribution < 1.29 is 19.5 Å². The van der Waals surface area contributed by atoms with Gasteiger partial charge in [-0.05, 0) is 55.7 Å². The van der Waals surface area contributed by atoms with E-state index in [9.17, 15) is 19.5 Å². The number of nitrogens with zero attached hydrogens (tertiary/aromatic N) is 4. The van der Waals surface area contributed by atoms with Gasteiger partial charge in [0, 0.05) is 39.6 Å². The monoisotopic (exact) mass is 515 g/mol. The van der Waals surface area contributed by atoms with Crippen LogP contribution in [0.5, 0.6) is 0 Å². The van der Waals surface area contributed by atoms with E-state index in [1.807, 2.05) is 6.07 Å². The number of amides is 3. The summed E-state index contributed by atoms with van der Waals surface area (Å²) in [5, 5.41) is 24.2. The molecule has 4 rings (SSSR count). The summed E-state index contributed by atoms with van der Waals surface area (Å²) in [5.41, 5.74) is 0.323. The zero-order chi connectivity index (χ0) is 26.0. The molecular formula is C26H34ClN5O4. The van der Waals surface area contributed by atoms with Gasteiger partial charge in [0.25, 0.3) is 0 Å². The summed E-state index contributed by atoms with van der Waals surface area (Å²) in [7, 11) is 1.68. The summed E-state index contributed by atoms with van der Waals surface area (Å²) >= 11 is 6.11. The normalized spacial score (nSPS) is 25.6. The minimum Gasteiger partial charge on any atom is -0.389 e. The van der Waals surface area contributed by atoms with Crippen LogP contribution in [0.2, 0.25) is 5.02 Å². The number of hydrogen-bond donors (Lipinski definition) is 2. The Labute approximate surface area is 217 Å². The Morgan fingerprint density at radius 3 is 2.67 bits per heavy atom. The predicted molar refractivity (Wildman–Crippen MR) is 133 cm³/mol. The zero-order valence-corrected chi connectivity index (χ0v) is 21.6. The Morgan fingerprint density at radius 1 is 1.31 bits per heavy atom. The van der Waals surface area contributed by atoms with Crippen LogP contribution in [-0.2, 0) is 20.9 Å². The van der Waals surface area contributed by atoms with E-state index in [0.29, 0.717) is 56.2 Å². The summed E-state index contributed by atoms with van der Waals surface area (Å²) in [6.45, 7) is 3.25. The highest BCUT2D eigenvalue weighted by atomic mass is 35.5. The second-order valence-electron chi connectivity index (χ2n) is 10.4. The number of likely N-dealkylation sites (tertiary alicyclic amines) is 1. The number of benzene rings is 1. The molecule has 3 unspecified atom stereocenters. The van der Waals surface area contributed by atoms with Crippen molar-refractivity contribution in [1.29, 1.82) is 5.26 Å². The van der Waals surface area contributed by atoms with E-state index in [2.05, 4.69) is 5.32 Å². The van der Waals surface area contributed by atoms with Gasteiger partial charge in [-0.1, -0.05) is 17.7 Å². The fraction of sp³-hybridized carbons (Fsp3) is 0.615. The zero-order valence-electron chi connectivity index (χ0n) is 20.9. The highest BCUT2D eigenvalue weighted by Gasteiger charge is 2.48. The van der Waals surface area contributed by atoms with E-state index in [0.717, 1.165) is 18.4 Å². The Bertz CT molecular complexity index is 1060. The van der Waals surface area contributed by atoms with Crippen molar-refractivity contribution in [2.45, 2.75) is 57.2 Å². The molecule has 194 valence electrons. The maximum atomic E-state index is 13.4. The van der Waals surface area contributed by atoms with E-state index in [1.54, 1.807) is 46.9 Å². The van der Waals surface area contributed by atoms with Crippen LogP contribution < -0.4 is 5.32 Å². The molecule has 10 heteroatoms. The first kappa shape index (κ1) is 26.4. The van der Waals surface area contributed by atoms with E-state index in [-0.39, 0.29) is 42.1 Å². The Hall–Kier alpha value is -2.67. The van der Waals surface area contributed by atoms with Crippen LogP contribution >= 0.6 is 11.6 Å². The second kappa shape index (κ2) is 10.8. The van der Waals surface area contributed by atoms with Crippen LogP contribution in [-0.4, -0.2) is 82.5 Å². The average Bonchev–Trinajstić information content (AvgIpc) is 2.86. The predicted octanol–water partition coefficient (Wildman–Crippen LogP) is 1.72. The van der Waals surface area contributed by atoms with Crippen molar-refractivity contribution in [2.75, 3.05) is 33.4 Å². The van der Waals surface area contributed by atoms with Gasteiger partial charge in [-0.25, -0.2) is 0 Å². The van der Waals surface area contributed by atoms with Gasteiger partial charge < -0.3 is 19.8 Å². The molecule has 0 aromatic heterocycles. The van der Waals surface area contributed by atoms with Crippen LogP contribution in [0.3, 0.4) is 0 Å². The smallest absolute Gasteiger partial charge is 0.242 e. The number of fused-ring (bicyclic) bond motifs is 1. The molecule has 3 atom stereocenters. The van der Waals surface area contributed by atoms with Crippen molar-refractivity contribution in [2.24, 2.45) is 11.8 Å². The third-order valence-electron chi connectivity index (χ3n) is 8.18. The fourth-order valence-corrected chi connectivity index (χ4v) is 6.11. The number of nitriles is 1. The molecule has 2 N–H and O–H groups in total. The molecular weight excluding hydrogens is 482 g/mol. The first-order valence-electron chi connectivity index (χ1n) is 12.5. The number of halogens is 1. The van der Waals surface area contributed by atoms with Crippen LogP contribution in [0.4, 0.5) is 0 Å². The lowest BCUT2D eigenvalue weighted by Crippen LogP contribution is -2.61. The number of aliphatic hydroxyl groups is 1. The van der Waals surface area contributed by atoms with E-state index >= 15 is 0 Å². The summed E-state index contributed by atoms with van der Waals surface area (Å²) < 4.78 is 0. The number of rotatable bonds is 5. The molecule has 1 aromatic carbocycles. The fourth-order valence-electron chi connectivity index (χ4n) is 5.86.